The molecule has 0 unspecified atom stereocenters. The van der Waals surface area contributed by atoms with Gasteiger partial charge in [0.2, 0.25) is 10.0 Å². The van der Waals surface area contributed by atoms with Crippen molar-refractivity contribution in [2.24, 2.45) is 0 Å². The highest BCUT2D eigenvalue weighted by Gasteiger charge is 2.26. The van der Waals surface area contributed by atoms with Crippen LogP contribution in [0.25, 0.3) is 11.0 Å². The minimum Gasteiger partial charge on any atom is -0.379 e. The lowest BCUT2D eigenvalue weighted by molar-refractivity contribution is 0.0729. The molecular weight excluding hydrogens is 466 g/mol. The lowest BCUT2D eigenvalue weighted by Crippen LogP contribution is -2.41. The van der Waals surface area contributed by atoms with E-state index < -0.39 is 10.0 Å². The number of sulfonamides is 1. The highest BCUT2D eigenvalue weighted by atomic mass is 32.2. The highest BCUT2D eigenvalue weighted by Crippen LogP contribution is 2.25. The minimum atomic E-state index is -3.48. The van der Waals surface area contributed by atoms with Gasteiger partial charge in [0.15, 0.2) is 5.65 Å². The van der Waals surface area contributed by atoms with Gasteiger partial charge in [0.1, 0.15) is 0 Å². The number of aromatic nitrogens is 3. The molecule has 1 N–H and O–H groups in total. The Morgan fingerprint density at radius 3 is 2.46 bits per heavy atom. The van der Waals surface area contributed by atoms with Gasteiger partial charge in [0.25, 0.3) is 5.91 Å². The number of nitrogens with zero attached hydrogens (tertiary/aromatic N) is 4. The number of morpholine rings is 1. The quantitative estimate of drug-likeness (QED) is 0.510. The smallest absolute Gasteiger partial charge is 0.252 e. The molecule has 188 valence electrons. The summed E-state index contributed by atoms with van der Waals surface area (Å²) in [6.45, 7) is 9.88. The van der Waals surface area contributed by atoms with Gasteiger partial charge in [-0.05, 0) is 37.0 Å². The molecule has 9 nitrogen and oxygen atoms in total. The molecule has 1 amide bonds. The first kappa shape index (κ1) is 25.3. The monoisotopic (exact) mass is 499 g/mol. The van der Waals surface area contributed by atoms with Crippen molar-refractivity contribution in [3.05, 3.63) is 58.9 Å². The van der Waals surface area contributed by atoms with Crippen molar-refractivity contribution >= 4 is 27.0 Å². The van der Waals surface area contributed by atoms with E-state index in [0.717, 1.165) is 11.3 Å². The van der Waals surface area contributed by atoms with Crippen LogP contribution in [0.5, 0.6) is 0 Å². The maximum atomic E-state index is 13.3. The van der Waals surface area contributed by atoms with Crippen LogP contribution in [-0.4, -0.2) is 59.7 Å². The molecule has 1 fully saturated rings. The van der Waals surface area contributed by atoms with Gasteiger partial charge in [0.05, 0.1) is 36.1 Å². The number of nitrogens with one attached hydrogen (secondary N) is 1. The van der Waals surface area contributed by atoms with Crippen molar-refractivity contribution in [3.63, 3.8) is 0 Å². The van der Waals surface area contributed by atoms with E-state index in [9.17, 15) is 13.2 Å². The molecule has 0 saturated carbocycles. The van der Waals surface area contributed by atoms with Crippen molar-refractivity contribution in [2.45, 2.75) is 52.0 Å². The predicted molar refractivity (Wildman–Crippen MR) is 135 cm³/mol. The van der Waals surface area contributed by atoms with Crippen LogP contribution >= 0.6 is 0 Å². The Morgan fingerprint density at radius 1 is 1.11 bits per heavy atom. The zero-order valence-corrected chi connectivity index (χ0v) is 21.5. The number of benzene rings is 1. The molecule has 4 rings (SSSR count). The minimum absolute atomic E-state index is 0.110. The second-order valence-corrected chi connectivity index (χ2v) is 11.4. The molecule has 0 aliphatic carbocycles. The number of amides is 1. The third-order valence-electron chi connectivity index (χ3n) is 6.17. The van der Waals surface area contributed by atoms with E-state index in [1.54, 1.807) is 12.3 Å². The van der Waals surface area contributed by atoms with E-state index >= 15 is 0 Å². The fraction of sp³-hybridized carbons (Fsp3) is 0.480. The normalized spacial score (nSPS) is 15.3. The predicted octanol–water partition coefficient (Wildman–Crippen LogP) is 3.23. The lowest BCUT2D eigenvalue weighted by atomic mass is 10.0. The first-order chi connectivity index (χ1) is 16.7. The number of ether oxygens (including phenoxy) is 1. The molecule has 0 bridgehead atoms. The summed E-state index contributed by atoms with van der Waals surface area (Å²) in [5, 5.41) is 8.13. The van der Waals surface area contributed by atoms with Gasteiger partial charge in [0, 0.05) is 31.4 Å². The highest BCUT2D eigenvalue weighted by molar-refractivity contribution is 7.88. The molecule has 3 heterocycles. The molecule has 1 aromatic carbocycles. The Morgan fingerprint density at radius 2 is 1.80 bits per heavy atom. The molecule has 0 radical (unpaired) electrons. The number of hydrogen-bond donors (Lipinski definition) is 1. The summed E-state index contributed by atoms with van der Waals surface area (Å²) in [6, 6.07) is 9.25. The van der Waals surface area contributed by atoms with E-state index in [1.807, 2.05) is 56.6 Å². The molecule has 1 saturated heterocycles. The van der Waals surface area contributed by atoms with Crippen molar-refractivity contribution in [1.82, 2.24) is 24.4 Å². The van der Waals surface area contributed by atoms with Crippen LogP contribution in [0.2, 0.25) is 0 Å². The van der Waals surface area contributed by atoms with Gasteiger partial charge in [-0.25, -0.2) is 18.1 Å². The van der Waals surface area contributed by atoms with E-state index in [1.165, 1.54) is 4.31 Å². The summed E-state index contributed by atoms with van der Waals surface area (Å²) in [5.41, 5.74) is 3.47. The Labute approximate surface area is 206 Å². The zero-order chi connectivity index (χ0) is 25.2. The third-order valence-corrected chi connectivity index (χ3v) is 8.00. The number of pyridine rings is 1. The number of carbonyl (C=O) groups excluding carboxylic acids is 1. The lowest BCUT2D eigenvalue weighted by Gasteiger charge is -2.26. The van der Waals surface area contributed by atoms with Crippen LogP contribution in [0.1, 0.15) is 66.8 Å². The standard InChI is InChI=1S/C25H33N5O4S/c1-17(2)23-13-21(22-15-27-30(18(3)4)24(22)28-23)25(31)26-14-19-7-5-6-8-20(19)16-35(32,33)29-9-11-34-12-10-29/h5-8,13,15,17-18H,9-12,14,16H2,1-4H3,(H,26,31). The third kappa shape index (κ3) is 5.55. The van der Waals surface area contributed by atoms with E-state index in [4.69, 9.17) is 9.72 Å². The topological polar surface area (TPSA) is 106 Å². The molecular formula is C25H33N5O4S. The van der Waals surface area contributed by atoms with E-state index in [2.05, 4.69) is 10.4 Å². The Balaban J connectivity index is 1.57. The largest absolute Gasteiger partial charge is 0.379 e. The molecule has 1 aliphatic rings. The molecule has 10 heteroatoms. The zero-order valence-electron chi connectivity index (χ0n) is 20.7. The maximum Gasteiger partial charge on any atom is 0.252 e. The van der Waals surface area contributed by atoms with Crippen LogP contribution in [0, 0.1) is 0 Å². The summed E-state index contributed by atoms with van der Waals surface area (Å²) in [6.07, 6.45) is 1.68. The van der Waals surface area contributed by atoms with E-state index in [-0.39, 0.29) is 30.2 Å². The van der Waals surface area contributed by atoms with Crippen molar-refractivity contribution < 1.29 is 17.9 Å². The van der Waals surface area contributed by atoms with Crippen molar-refractivity contribution in [1.29, 1.82) is 0 Å². The summed E-state index contributed by atoms with van der Waals surface area (Å²) in [4.78, 5) is 18.1. The number of hydrogen-bond acceptors (Lipinski definition) is 6. The van der Waals surface area contributed by atoms with Gasteiger partial charge in [-0.2, -0.15) is 9.40 Å². The summed E-state index contributed by atoms with van der Waals surface area (Å²) >= 11 is 0. The molecule has 35 heavy (non-hydrogen) atoms. The molecule has 1 aliphatic heterocycles. The summed E-state index contributed by atoms with van der Waals surface area (Å²) in [7, 11) is -3.48. The van der Waals surface area contributed by atoms with Crippen LogP contribution in [0.3, 0.4) is 0 Å². The first-order valence-electron chi connectivity index (χ1n) is 12.0. The average molecular weight is 500 g/mol. The molecule has 2 aromatic heterocycles. The Bertz CT molecular complexity index is 1310. The van der Waals surface area contributed by atoms with Crippen molar-refractivity contribution in [2.75, 3.05) is 26.3 Å². The molecule has 3 aromatic rings. The van der Waals surface area contributed by atoms with Crippen LogP contribution in [0.15, 0.2) is 36.5 Å². The fourth-order valence-corrected chi connectivity index (χ4v) is 5.72. The van der Waals surface area contributed by atoms with Crippen molar-refractivity contribution in [3.8, 4) is 0 Å². The average Bonchev–Trinajstić information content (AvgIpc) is 3.27. The van der Waals surface area contributed by atoms with Crippen LogP contribution in [0.4, 0.5) is 0 Å². The number of rotatable bonds is 8. The van der Waals surface area contributed by atoms with Gasteiger partial charge in [-0.1, -0.05) is 38.1 Å². The van der Waals surface area contributed by atoms with Gasteiger partial charge in [-0.15, -0.1) is 0 Å². The van der Waals surface area contributed by atoms with Gasteiger partial charge in [-0.3, -0.25) is 4.79 Å². The SMILES string of the molecule is CC(C)c1cc(C(=O)NCc2ccccc2CS(=O)(=O)N2CCOCC2)c2cnn(C(C)C)c2n1. The van der Waals surface area contributed by atoms with Crippen LogP contribution < -0.4 is 5.32 Å². The Hall–Kier alpha value is -2.82. The number of carbonyl (C=O) groups is 1. The van der Waals surface area contributed by atoms with Gasteiger partial charge < -0.3 is 10.1 Å². The van der Waals surface area contributed by atoms with E-state index in [0.29, 0.717) is 48.5 Å². The maximum absolute atomic E-state index is 13.3. The van der Waals surface area contributed by atoms with Crippen LogP contribution in [-0.2, 0) is 27.1 Å². The Kier molecular flexibility index (Phi) is 7.53. The fourth-order valence-electron chi connectivity index (χ4n) is 4.15. The first-order valence-corrected chi connectivity index (χ1v) is 13.6. The summed E-state index contributed by atoms with van der Waals surface area (Å²) in [5.74, 6) is -0.210. The van der Waals surface area contributed by atoms with Gasteiger partial charge >= 0.3 is 0 Å². The molecule has 0 spiro atoms. The molecule has 0 atom stereocenters. The number of fused-ring (bicyclic) bond motifs is 1. The second-order valence-electron chi connectivity index (χ2n) is 9.39. The summed E-state index contributed by atoms with van der Waals surface area (Å²) < 4.78 is 34.5. The second kappa shape index (κ2) is 10.4.